The molecule has 1 amide bonds. The van der Waals surface area contributed by atoms with Crippen LogP contribution < -0.4 is 14.8 Å². The highest BCUT2D eigenvalue weighted by Gasteiger charge is 2.16. The molecule has 26 heavy (non-hydrogen) atoms. The molecule has 0 aliphatic heterocycles. The number of carbonyl (C=O) groups excluding carboxylic acids is 2. The van der Waals surface area contributed by atoms with E-state index in [9.17, 15) is 9.59 Å². The first kappa shape index (κ1) is 20.2. The summed E-state index contributed by atoms with van der Waals surface area (Å²) in [6.07, 6.45) is 0.315. The van der Waals surface area contributed by atoms with Crippen LogP contribution in [0.4, 0.5) is 0 Å². The van der Waals surface area contributed by atoms with Gasteiger partial charge in [-0.15, -0.1) is 0 Å². The summed E-state index contributed by atoms with van der Waals surface area (Å²) in [6, 6.07) is 12.5. The molecule has 5 nitrogen and oxygen atoms in total. The number of carbonyl (C=O) groups is 2. The Balaban J connectivity index is 1.95. The van der Waals surface area contributed by atoms with Gasteiger partial charge in [-0.2, -0.15) is 0 Å². The normalized spacial score (nSPS) is 11.5. The van der Waals surface area contributed by atoms with Gasteiger partial charge in [-0.05, 0) is 59.8 Å². The van der Waals surface area contributed by atoms with Crippen LogP contribution in [-0.4, -0.2) is 25.9 Å². The van der Waals surface area contributed by atoms with Gasteiger partial charge in [0.2, 0.25) is 5.91 Å². The summed E-state index contributed by atoms with van der Waals surface area (Å²) in [6.45, 7) is 1.87. The van der Waals surface area contributed by atoms with Crippen LogP contribution >= 0.6 is 22.6 Å². The van der Waals surface area contributed by atoms with Crippen molar-refractivity contribution in [3.63, 3.8) is 0 Å². The zero-order valence-electron chi connectivity index (χ0n) is 15.0. The molecule has 0 spiro atoms. The van der Waals surface area contributed by atoms with Crippen LogP contribution in [0.3, 0.4) is 0 Å². The molecule has 2 rings (SSSR count). The van der Waals surface area contributed by atoms with Crippen molar-refractivity contribution in [2.45, 2.75) is 25.8 Å². The highest BCUT2D eigenvalue weighted by Crippen LogP contribution is 2.29. The molecule has 0 bridgehead atoms. The molecule has 0 heterocycles. The van der Waals surface area contributed by atoms with Crippen LogP contribution in [-0.2, 0) is 4.79 Å². The molecule has 0 fully saturated rings. The van der Waals surface area contributed by atoms with E-state index < -0.39 is 0 Å². The van der Waals surface area contributed by atoms with Gasteiger partial charge in [-0.3, -0.25) is 9.59 Å². The second-order valence-electron chi connectivity index (χ2n) is 5.83. The minimum absolute atomic E-state index is 0.0387. The molecule has 138 valence electrons. The summed E-state index contributed by atoms with van der Waals surface area (Å²) in [5.41, 5.74) is 1.45. The molecular weight excluding hydrogens is 445 g/mol. The molecule has 0 unspecified atom stereocenters. The summed E-state index contributed by atoms with van der Waals surface area (Å²) >= 11 is 2.19. The maximum atomic E-state index is 12.2. The van der Waals surface area contributed by atoms with Crippen LogP contribution in [0, 0.1) is 3.57 Å². The molecule has 0 aliphatic rings. The van der Waals surface area contributed by atoms with Crippen LogP contribution in [0.1, 0.15) is 41.7 Å². The quantitative estimate of drug-likeness (QED) is 0.468. The Hall–Kier alpha value is -2.09. The first-order valence-corrected chi connectivity index (χ1v) is 9.32. The molecule has 6 heteroatoms. The van der Waals surface area contributed by atoms with Crippen molar-refractivity contribution in [2.24, 2.45) is 0 Å². The zero-order chi connectivity index (χ0) is 19.1. The van der Waals surface area contributed by atoms with Gasteiger partial charge in [0.25, 0.3) is 0 Å². The molecule has 2 aromatic carbocycles. The average Bonchev–Trinajstić information content (AvgIpc) is 2.66. The number of benzene rings is 2. The van der Waals surface area contributed by atoms with E-state index in [1.165, 1.54) is 0 Å². The largest absolute Gasteiger partial charge is 0.497 e. The average molecular weight is 467 g/mol. The summed E-state index contributed by atoms with van der Waals surface area (Å²) in [7, 11) is 3.17. The number of rotatable bonds is 8. The van der Waals surface area contributed by atoms with Gasteiger partial charge in [0.05, 0.1) is 20.3 Å². The Morgan fingerprint density at radius 3 is 2.35 bits per heavy atom. The molecule has 1 atom stereocenters. The van der Waals surface area contributed by atoms with Gasteiger partial charge in [0.1, 0.15) is 11.5 Å². The van der Waals surface area contributed by atoms with Gasteiger partial charge in [0.15, 0.2) is 5.78 Å². The third-order valence-corrected chi connectivity index (χ3v) is 4.75. The van der Waals surface area contributed by atoms with Gasteiger partial charge in [0, 0.05) is 27.5 Å². The fourth-order valence-electron chi connectivity index (χ4n) is 2.58. The summed E-state index contributed by atoms with van der Waals surface area (Å²) in [5, 5.41) is 2.91. The lowest BCUT2D eigenvalue weighted by Crippen LogP contribution is -2.27. The summed E-state index contributed by atoms with van der Waals surface area (Å²) in [5.74, 6) is 1.15. The first-order valence-electron chi connectivity index (χ1n) is 8.24. The molecule has 0 saturated heterocycles. The minimum Gasteiger partial charge on any atom is -0.497 e. The van der Waals surface area contributed by atoms with Crippen LogP contribution in [0.5, 0.6) is 11.5 Å². The molecule has 0 radical (unpaired) electrons. The van der Waals surface area contributed by atoms with E-state index in [0.717, 1.165) is 9.13 Å². The number of ketones is 1. The van der Waals surface area contributed by atoms with E-state index in [2.05, 4.69) is 27.9 Å². The fourth-order valence-corrected chi connectivity index (χ4v) is 2.94. The number of halogens is 1. The Kier molecular flexibility index (Phi) is 7.44. The number of ether oxygens (including phenoxy) is 2. The number of amides is 1. The Morgan fingerprint density at radius 2 is 1.73 bits per heavy atom. The van der Waals surface area contributed by atoms with Crippen molar-refractivity contribution < 1.29 is 19.1 Å². The highest BCUT2D eigenvalue weighted by atomic mass is 127. The maximum absolute atomic E-state index is 12.2. The Labute approximate surface area is 167 Å². The lowest BCUT2D eigenvalue weighted by atomic mass is 10.0. The molecule has 0 aromatic heterocycles. The van der Waals surface area contributed by atoms with E-state index in [1.807, 2.05) is 25.1 Å². The summed E-state index contributed by atoms with van der Waals surface area (Å²) < 4.78 is 11.7. The van der Waals surface area contributed by atoms with Gasteiger partial charge in [-0.1, -0.05) is 12.1 Å². The molecule has 0 aliphatic carbocycles. The van der Waals surface area contributed by atoms with E-state index >= 15 is 0 Å². The van der Waals surface area contributed by atoms with E-state index in [4.69, 9.17) is 9.47 Å². The third kappa shape index (κ3) is 5.45. The van der Waals surface area contributed by atoms with Crippen molar-refractivity contribution >= 4 is 34.3 Å². The lowest BCUT2D eigenvalue weighted by Gasteiger charge is -2.18. The number of Topliss-reactive ketones (excluding diaryl/α,β-unsaturated/α-hetero) is 1. The number of nitrogens with one attached hydrogen (secondary N) is 1. The van der Waals surface area contributed by atoms with Crippen molar-refractivity contribution in [1.82, 2.24) is 5.32 Å². The SMILES string of the molecule is COc1ccc(OC)c([C@@H](C)NC(=O)CCC(=O)c2ccc(I)cc2)c1. The predicted molar refractivity (Wildman–Crippen MR) is 109 cm³/mol. The summed E-state index contributed by atoms with van der Waals surface area (Å²) in [4.78, 5) is 24.4. The second-order valence-corrected chi connectivity index (χ2v) is 7.07. The second kappa shape index (κ2) is 9.56. The third-order valence-electron chi connectivity index (χ3n) is 4.03. The number of methoxy groups -OCH3 is 2. The monoisotopic (exact) mass is 467 g/mol. The standard InChI is InChI=1S/C20H22INO4/c1-13(17-12-16(25-2)8-10-19(17)26-3)22-20(24)11-9-18(23)14-4-6-15(21)7-5-14/h4-8,10,12-13H,9,11H2,1-3H3,(H,22,24)/t13-/m1/s1. The molecule has 1 N–H and O–H groups in total. The van der Waals surface area contributed by atoms with Gasteiger partial charge in [-0.25, -0.2) is 0 Å². The Morgan fingerprint density at radius 1 is 1.04 bits per heavy atom. The molecular formula is C20H22INO4. The van der Waals surface area contributed by atoms with Crippen LogP contribution in [0.15, 0.2) is 42.5 Å². The lowest BCUT2D eigenvalue weighted by molar-refractivity contribution is -0.121. The van der Waals surface area contributed by atoms with E-state index in [-0.39, 0.29) is 30.6 Å². The van der Waals surface area contributed by atoms with Gasteiger partial charge >= 0.3 is 0 Å². The van der Waals surface area contributed by atoms with E-state index in [1.54, 1.807) is 38.5 Å². The van der Waals surface area contributed by atoms with Crippen molar-refractivity contribution in [3.05, 3.63) is 57.2 Å². The maximum Gasteiger partial charge on any atom is 0.220 e. The van der Waals surface area contributed by atoms with Crippen molar-refractivity contribution in [1.29, 1.82) is 0 Å². The van der Waals surface area contributed by atoms with Crippen molar-refractivity contribution in [2.75, 3.05) is 14.2 Å². The zero-order valence-corrected chi connectivity index (χ0v) is 17.2. The highest BCUT2D eigenvalue weighted by molar-refractivity contribution is 14.1. The smallest absolute Gasteiger partial charge is 0.220 e. The van der Waals surface area contributed by atoms with E-state index in [0.29, 0.717) is 17.1 Å². The number of hydrogen-bond acceptors (Lipinski definition) is 4. The van der Waals surface area contributed by atoms with Crippen molar-refractivity contribution in [3.8, 4) is 11.5 Å². The number of hydrogen-bond donors (Lipinski definition) is 1. The van der Waals surface area contributed by atoms with Crippen LogP contribution in [0.25, 0.3) is 0 Å². The Bertz CT molecular complexity index is 774. The fraction of sp³-hybridized carbons (Fsp3) is 0.300. The minimum atomic E-state index is -0.263. The molecule has 0 saturated carbocycles. The molecule has 2 aromatic rings. The predicted octanol–water partition coefficient (Wildman–Crippen LogP) is 4.15. The topological polar surface area (TPSA) is 64.6 Å². The van der Waals surface area contributed by atoms with Gasteiger partial charge < -0.3 is 14.8 Å². The first-order chi connectivity index (χ1) is 12.4. The van der Waals surface area contributed by atoms with Crippen LogP contribution in [0.2, 0.25) is 0 Å².